The number of ether oxygens (including phenoxy) is 1. The summed E-state index contributed by atoms with van der Waals surface area (Å²) in [5.74, 6) is -1.20. The molecule has 142 valence electrons. The van der Waals surface area contributed by atoms with Crippen LogP contribution in [-0.4, -0.2) is 71.3 Å². The molecule has 1 N–H and O–H groups in total. The van der Waals surface area contributed by atoms with Crippen LogP contribution < -0.4 is 10.1 Å². The number of carbonyl (C=O) groups is 3. The molecule has 2 rings (SSSR count). The van der Waals surface area contributed by atoms with Crippen LogP contribution >= 0.6 is 11.6 Å². The second-order valence-electron chi connectivity index (χ2n) is 6.13. The van der Waals surface area contributed by atoms with Crippen LogP contribution in [0.1, 0.15) is 31.3 Å². The number of pyridine rings is 1. The van der Waals surface area contributed by atoms with Crippen molar-refractivity contribution in [1.82, 2.24) is 20.1 Å². The van der Waals surface area contributed by atoms with Gasteiger partial charge in [-0.3, -0.25) is 14.4 Å². The van der Waals surface area contributed by atoms with Crippen molar-refractivity contribution in [1.29, 1.82) is 0 Å². The summed E-state index contributed by atoms with van der Waals surface area (Å²) in [6.45, 7) is 6.99. The van der Waals surface area contributed by atoms with Crippen molar-refractivity contribution in [3.63, 3.8) is 0 Å². The highest BCUT2D eigenvalue weighted by molar-refractivity contribution is 6.35. The van der Waals surface area contributed by atoms with Gasteiger partial charge in [-0.15, -0.1) is 0 Å². The number of carbonyl (C=O) groups excluding carboxylic acids is 3. The third kappa shape index (κ3) is 4.85. The fourth-order valence-electron chi connectivity index (χ4n) is 2.53. The maximum atomic E-state index is 12.7. The second kappa shape index (κ2) is 8.84. The average molecular weight is 383 g/mol. The minimum absolute atomic E-state index is 0.111. The van der Waals surface area contributed by atoms with Crippen molar-refractivity contribution in [2.24, 2.45) is 0 Å². The normalized spacial score (nSPS) is 14.3. The molecule has 0 bridgehead atoms. The number of nitrogens with one attached hydrogen (secondary N) is 1. The van der Waals surface area contributed by atoms with Gasteiger partial charge in [-0.05, 0) is 26.8 Å². The lowest BCUT2D eigenvalue weighted by atomic mass is 10.2. The standard InChI is InChI=1S/C17H23ClN4O4/c1-4-26-13-6-5-12(18)14(20-13)16(24)21-7-9-22(10-8-21)17(25)15(23)19-11(2)3/h5-6,11H,4,7-10H2,1-3H3,(H,19,23). The van der Waals surface area contributed by atoms with Crippen LogP contribution in [0.4, 0.5) is 0 Å². The molecule has 0 saturated carbocycles. The number of amides is 3. The molecule has 1 aliphatic heterocycles. The SMILES string of the molecule is CCOc1ccc(Cl)c(C(=O)N2CCN(C(=O)C(=O)NC(C)C)CC2)n1. The van der Waals surface area contributed by atoms with Gasteiger partial charge in [-0.25, -0.2) is 4.98 Å². The lowest BCUT2D eigenvalue weighted by Gasteiger charge is -2.34. The Hall–Kier alpha value is -2.35. The molecule has 0 spiro atoms. The Labute approximate surface area is 157 Å². The third-order valence-electron chi connectivity index (χ3n) is 3.78. The van der Waals surface area contributed by atoms with Crippen LogP contribution in [0.25, 0.3) is 0 Å². The zero-order valence-electron chi connectivity index (χ0n) is 15.1. The lowest BCUT2D eigenvalue weighted by Crippen LogP contribution is -2.54. The summed E-state index contributed by atoms with van der Waals surface area (Å²) < 4.78 is 5.31. The number of nitrogens with zero attached hydrogens (tertiary/aromatic N) is 3. The van der Waals surface area contributed by atoms with Gasteiger partial charge in [0, 0.05) is 38.3 Å². The molecule has 2 heterocycles. The summed E-state index contributed by atoms with van der Waals surface area (Å²) in [6, 6.07) is 3.06. The van der Waals surface area contributed by atoms with E-state index in [4.69, 9.17) is 16.3 Å². The van der Waals surface area contributed by atoms with Crippen LogP contribution in [-0.2, 0) is 9.59 Å². The first kappa shape index (κ1) is 20.0. The highest BCUT2D eigenvalue weighted by Crippen LogP contribution is 2.20. The number of hydrogen-bond donors (Lipinski definition) is 1. The molecule has 0 aliphatic carbocycles. The zero-order chi connectivity index (χ0) is 19.3. The van der Waals surface area contributed by atoms with E-state index in [1.165, 1.54) is 4.90 Å². The molecule has 0 radical (unpaired) electrons. The topological polar surface area (TPSA) is 91.8 Å². The van der Waals surface area contributed by atoms with Gasteiger partial charge in [-0.2, -0.15) is 0 Å². The minimum Gasteiger partial charge on any atom is -0.478 e. The van der Waals surface area contributed by atoms with Gasteiger partial charge >= 0.3 is 11.8 Å². The van der Waals surface area contributed by atoms with Crippen molar-refractivity contribution in [3.05, 3.63) is 22.8 Å². The van der Waals surface area contributed by atoms with Gasteiger partial charge in [0.05, 0.1) is 11.6 Å². The largest absolute Gasteiger partial charge is 0.478 e. The van der Waals surface area contributed by atoms with Crippen molar-refractivity contribution in [2.75, 3.05) is 32.8 Å². The highest BCUT2D eigenvalue weighted by atomic mass is 35.5. The Morgan fingerprint density at radius 1 is 1.19 bits per heavy atom. The maximum Gasteiger partial charge on any atom is 0.312 e. The van der Waals surface area contributed by atoms with Crippen molar-refractivity contribution >= 4 is 29.3 Å². The van der Waals surface area contributed by atoms with E-state index in [9.17, 15) is 14.4 Å². The van der Waals surface area contributed by atoms with Crippen LogP contribution in [0.3, 0.4) is 0 Å². The average Bonchev–Trinajstić information content (AvgIpc) is 2.62. The van der Waals surface area contributed by atoms with E-state index in [1.807, 2.05) is 6.92 Å². The Kier molecular flexibility index (Phi) is 6.79. The van der Waals surface area contributed by atoms with E-state index in [-0.39, 0.29) is 35.8 Å². The van der Waals surface area contributed by atoms with Gasteiger partial charge in [0.15, 0.2) is 5.69 Å². The van der Waals surface area contributed by atoms with E-state index >= 15 is 0 Å². The molecule has 1 fully saturated rings. The molecular formula is C17H23ClN4O4. The molecular weight excluding hydrogens is 360 g/mol. The first-order valence-corrected chi connectivity index (χ1v) is 8.89. The van der Waals surface area contributed by atoms with Crippen LogP contribution in [0.2, 0.25) is 5.02 Å². The quantitative estimate of drug-likeness (QED) is 0.782. The van der Waals surface area contributed by atoms with Crippen LogP contribution in [0.5, 0.6) is 5.88 Å². The van der Waals surface area contributed by atoms with E-state index in [0.717, 1.165) is 0 Å². The number of aromatic nitrogens is 1. The van der Waals surface area contributed by atoms with Gasteiger partial charge in [0.25, 0.3) is 5.91 Å². The molecule has 1 aromatic heterocycles. The van der Waals surface area contributed by atoms with Gasteiger partial charge in [0.1, 0.15) is 0 Å². The van der Waals surface area contributed by atoms with Crippen LogP contribution in [0, 0.1) is 0 Å². The molecule has 0 unspecified atom stereocenters. The minimum atomic E-state index is -0.631. The van der Waals surface area contributed by atoms with E-state index in [2.05, 4.69) is 10.3 Å². The number of piperazine rings is 1. The predicted molar refractivity (Wildman–Crippen MR) is 96.2 cm³/mol. The summed E-state index contributed by atoms with van der Waals surface area (Å²) >= 11 is 6.10. The molecule has 1 saturated heterocycles. The van der Waals surface area contributed by atoms with E-state index < -0.39 is 11.8 Å². The molecule has 0 atom stereocenters. The zero-order valence-corrected chi connectivity index (χ0v) is 15.9. The Bertz CT molecular complexity index is 687. The molecule has 8 nitrogen and oxygen atoms in total. The summed E-state index contributed by atoms with van der Waals surface area (Å²) in [4.78, 5) is 43.8. The molecule has 0 aromatic carbocycles. The fourth-order valence-corrected chi connectivity index (χ4v) is 2.72. The Balaban J connectivity index is 1.99. The number of rotatable bonds is 4. The summed E-state index contributed by atoms with van der Waals surface area (Å²) in [6.07, 6.45) is 0. The van der Waals surface area contributed by atoms with E-state index in [1.54, 1.807) is 30.9 Å². The Morgan fingerprint density at radius 3 is 2.38 bits per heavy atom. The monoisotopic (exact) mass is 382 g/mol. The second-order valence-corrected chi connectivity index (χ2v) is 6.53. The summed E-state index contributed by atoms with van der Waals surface area (Å²) in [5.41, 5.74) is 0.120. The molecule has 26 heavy (non-hydrogen) atoms. The highest BCUT2D eigenvalue weighted by Gasteiger charge is 2.29. The van der Waals surface area contributed by atoms with Gasteiger partial charge < -0.3 is 19.9 Å². The number of halogens is 1. The fraction of sp³-hybridized carbons (Fsp3) is 0.529. The van der Waals surface area contributed by atoms with Gasteiger partial charge in [-0.1, -0.05) is 11.6 Å². The van der Waals surface area contributed by atoms with Crippen molar-refractivity contribution < 1.29 is 19.1 Å². The molecule has 1 aromatic rings. The Morgan fingerprint density at radius 2 is 1.81 bits per heavy atom. The third-order valence-corrected chi connectivity index (χ3v) is 4.09. The van der Waals surface area contributed by atoms with Gasteiger partial charge in [0.2, 0.25) is 5.88 Å². The van der Waals surface area contributed by atoms with Crippen LogP contribution in [0.15, 0.2) is 12.1 Å². The first-order valence-electron chi connectivity index (χ1n) is 8.51. The first-order chi connectivity index (χ1) is 12.3. The molecule has 1 aliphatic rings. The summed E-state index contributed by atoms with van der Waals surface area (Å²) in [5, 5.41) is 2.82. The molecule has 9 heteroatoms. The molecule has 3 amide bonds. The number of hydrogen-bond acceptors (Lipinski definition) is 5. The van der Waals surface area contributed by atoms with Crippen molar-refractivity contribution in [2.45, 2.75) is 26.8 Å². The van der Waals surface area contributed by atoms with E-state index in [0.29, 0.717) is 25.6 Å². The lowest BCUT2D eigenvalue weighted by molar-refractivity contribution is -0.147. The van der Waals surface area contributed by atoms with Crippen molar-refractivity contribution in [3.8, 4) is 5.88 Å². The predicted octanol–water partition coefficient (Wildman–Crippen LogP) is 0.943. The smallest absolute Gasteiger partial charge is 0.312 e. The summed E-state index contributed by atoms with van der Waals surface area (Å²) in [7, 11) is 0. The maximum absolute atomic E-state index is 12.7.